The molecule has 0 radical (unpaired) electrons. The van der Waals surface area contributed by atoms with Gasteiger partial charge in [0, 0.05) is 6.20 Å². The molecule has 1 aliphatic heterocycles. The average Bonchev–Trinajstić information content (AvgIpc) is 2.54. The maximum atomic E-state index is 11.6. The Kier molecular flexibility index (Phi) is 2.55. The van der Waals surface area contributed by atoms with Crippen molar-refractivity contribution in [2.45, 2.75) is 19.1 Å². The smallest absolute Gasteiger partial charge is 0.318 e. The molecule has 15 heavy (non-hydrogen) atoms. The number of fused-ring (bicyclic) bond motifs is 1. The van der Waals surface area contributed by atoms with Gasteiger partial charge in [0.25, 0.3) is 0 Å². The minimum absolute atomic E-state index is 0.308. The van der Waals surface area contributed by atoms with E-state index in [0.29, 0.717) is 12.3 Å². The summed E-state index contributed by atoms with van der Waals surface area (Å²) < 4.78 is 4.89. The zero-order chi connectivity index (χ0) is 10.8. The molecule has 5 heteroatoms. The van der Waals surface area contributed by atoms with Gasteiger partial charge in [-0.15, -0.1) is 0 Å². The molecule has 0 unspecified atom stereocenters. The first-order valence-electron chi connectivity index (χ1n) is 4.79. The van der Waals surface area contributed by atoms with Crippen molar-refractivity contribution in [1.29, 1.82) is 0 Å². The van der Waals surface area contributed by atoms with E-state index in [1.54, 1.807) is 25.4 Å². The lowest BCUT2D eigenvalue weighted by molar-refractivity contribution is -0.147. The highest BCUT2D eigenvalue weighted by Gasteiger charge is 2.37. The molecular formula is C10H12N2O3. The summed E-state index contributed by atoms with van der Waals surface area (Å²) in [6.07, 6.45) is 2.24. The van der Waals surface area contributed by atoms with Crippen LogP contribution in [0, 0.1) is 0 Å². The number of carbonyl (C=O) groups is 1. The highest BCUT2D eigenvalue weighted by atomic mass is 16.5. The third kappa shape index (κ3) is 1.66. The van der Waals surface area contributed by atoms with Crippen molar-refractivity contribution >= 4 is 11.7 Å². The fourth-order valence-electron chi connectivity index (χ4n) is 1.70. The molecule has 0 saturated carbocycles. The molecule has 2 atom stereocenters. The fourth-order valence-corrected chi connectivity index (χ4v) is 1.70. The maximum absolute atomic E-state index is 11.6. The Labute approximate surface area is 87.1 Å². The number of aromatic nitrogens is 1. The topological polar surface area (TPSA) is 71.5 Å². The van der Waals surface area contributed by atoms with Gasteiger partial charge < -0.3 is 15.2 Å². The number of hydrogen-bond acceptors (Lipinski definition) is 5. The predicted octanol–water partition coefficient (Wildman–Crippen LogP) is 0.472. The lowest BCUT2D eigenvalue weighted by Crippen LogP contribution is -2.27. The summed E-state index contributed by atoms with van der Waals surface area (Å²) in [5, 5.41) is 12.4. The molecule has 2 rings (SSSR count). The van der Waals surface area contributed by atoms with E-state index in [9.17, 15) is 9.90 Å². The minimum Gasteiger partial charge on any atom is -0.465 e. The summed E-state index contributed by atoms with van der Waals surface area (Å²) in [5.74, 6) is -1.06. The molecule has 0 amide bonds. The van der Waals surface area contributed by atoms with E-state index in [0.717, 1.165) is 5.56 Å². The van der Waals surface area contributed by atoms with E-state index >= 15 is 0 Å². The van der Waals surface area contributed by atoms with Crippen molar-refractivity contribution in [2.75, 3.05) is 11.9 Å². The Balaban J connectivity index is 2.29. The summed E-state index contributed by atoms with van der Waals surface area (Å²) in [4.78, 5) is 15.5. The van der Waals surface area contributed by atoms with Crippen LogP contribution >= 0.6 is 0 Å². The fraction of sp³-hybridized carbons (Fsp3) is 0.400. The molecule has 5 nitrogen and oxygen atoms in total. The number of nitrogens with zero attached hydrogens (tertiary/aromatic N) is 1. The van der Waals surface area contributed by atoms with E-state index < -0.39 is 18.1 Å². The molecular weight excluding hydrogens is 196 g/mol. The zero-order valence-electron chi connectivity index (χ0n) is 8.30. The number of hydrogen-bond donors (Lipinski definition) is 2. The second-order valence-corrected chi connectivity index (χ2v) is 3.28. The number of nitrogens with one attached hydrogen (secondary N) is 1. The van der Waals surface area contributed by atoms with Gasteiger partial charge in [-0.2, -0.15) is 0 Å². The number of carbonyl (C=O) groups excluding carboxylic acids is 1. The Hall–Kier alpha value is -1.62. The van der Waals surface area contributed by atoms with Crippen LogP contribution in [-0.2, 0) is 9.53 Å². The van der Waals surface area contributed by atoms with Gasteiger partial charge in [0.1, 0.15) is 12.1 Å². The second-order valence-electron chi connectivity index (χ2n) is 3.28. The number of ether oxygens (including phenoxy) is 1. The number of pyridine rings is 1. The van der Waals surface area contributed by atoms with Gasteiger partial charge in [0.2, 0.25) is 0 Å². The van der Waals surface area contributed by atoms with Gasteiger partial charge in [-0.3, -0.25) is 9.78 Å². The molecule has 80 valence electrons. The van der Waals surface area contributed by atoms with Crippen LogP contribution in [0.15, 0.2) is 18.5 Å². The molecule has 0 fully saturated rings. The first-order chi connectivity index (χ1) is 7.24. The first-order valence-corrected chi connectivity index (χ1v) is 4.79. The van der Waals surface area contributed by atoms with Crippen LogP contribution in [0.25, 0.3) is 0 Å². The SMILES string of the molecule is CCOC(=O)[C@H]1c2ccncc2N[C@@H]1O. The van der Waals surface area contributed by atoms with Gasteiger partial charge in [0.15, 0.2) is 0 Å². The molecule has 1 aromatic heterocycles. The van der Waals surface area contributed by atoms with Crippen LogP contribution in [-0.4, -0.2) is 28.9 Å². The molecule has 1 aliphatic rings. The van der Waals surface area contributed by atoms with Crippen molar-refractivity contribution in [3.8, 4) is 0 Å². The maximum Gasteiger partial charge on any atom is 0.318 e. The highest BCUT2D eigenvalue weighted by molar-refractivity contribution is 5.84. The summed E-state index contributed by atoms with van der Waals surface area (Å²) in [7, 11) is 0. The molecule has 2 heterocycles. The van der Waals surface area contributed by atoms with Crippen LogP contribution in [0.3, 0.4) is 0 Å². The second kappa shape index (κ2) is 3.86. The van der Waals surface area contributed by atoms with Crippen molar-refractivity contribution < 1.29 is 14.6 Å². The van der Waals surface area contributed by atoms with Crippen LogP contribution in [0.1, 0.15) is 18.4 Å². The van der Waals surface area contributed by atoms with E-state index in [4.69, 9.17) is 4.74 Å². The quantitative estimate of drug-likeness (QED) is 0.691. The molecule has 0 spiro atoms. The molecule has 0 aliphatic carbocycles. The van der Waals surface area contributed by atoms with Crippen molar-refractivity contribution in [3.63, 3.8) is 0 Å². The third-order valence-corrected chi connectivity index (χ3v) is 2.35. The normalized spacial score (nSPS) is 23.1. The van der Waals surface area contributed by atoms with E-state index in [-0.39, 0.29) is 0 Å². The van der Waals surface area contributed by atoms with Crippen LogP contribution in [0.4, 0.5) is 5.69 Å². The van der Waals surface area contributed by atoms with Crippen LogP contribution in [0.5, 0.6) is 0 Å². The van der Waals surface area contributed by atoms with Gasteiger partial charge in [-0.25, -0.2) is 0 Å². The van der Waals surface area contributed by atoms with Crippen molar-refractivity contribution in [1.82, 2.24) is 4.98 Å². The number of aliphatic hydroxyl groups excluding tert-OH is 1. The van der Waals surface area contributed by atoms with Crippen LogP contribution < -0.4 is 5.32 Å². The lowest BCUT2D eigenvalue weighted by Gasteiger charge is -2.13. The monoisotopic (exact) mass is 208 g/mol. The Morgan fingerprint density at radius 3 is 3.27 bits per heavy atom. The summed E-state index contributed by atoms with van der Waals surface area (Å²) in [6, 6.07) is 1.71. The van der Waals surface area contributed by atoms with E-state index in [1.807, 2.05) is 0 Å². The molecule has 0 aromatic carbocycles. The van der Waals surface area contributed by atoms with Gasteiger partial charge in [-0.1, -0.05) is 0 Å². The van der Waals surface area contributed by atoms with E-state index in [2.05, 4.69) is 10.3 Å². The Bertz CT molecular complexity index is 381. The number of rotatable bonds is 2. The van der Waals surface area contributed by atoms with Crippen LogP contribution in [0.2, 0.25) is 0 Å². The molecule has 0 bridgehead atoms. The largest absolute Gasteiger partial charge is 0.465 e. The average molecular weight is 208 g/mol. The molecule has 1 aromatic rings. The number of anilines is 1. The molecule has 0 saturated heterocycles. The first kappa shape index (κ1) is 9.92. The van der Waals surface area contributed by atoms with Crippen molar-refractivity contribution in [2.24, 2.45) is 0 Å². The number of aliphatic hydroxyl groups is 1. The van der Waals surface area contributed by atoms with Gasteiger partial charge in [0.05, 0.1) is 18.5 Å². The standard InChI is InChI=1S/C10H12N2O3/c1-2-15-10(14)8-6-3-4-11-5-7(6)12-9(8)13/h3-5,8-9,12-13H,2H2,1H3/t8-,9+/m0/s1. The lowest BCUT2D eigenvalue weighted by atomic mass is 10.0. The third-order valence-electron chi connectivity index (χ3n) is 2.35. The summed E-state index contributed by atoms with van der Waals surface area (Å²) in [5.41, 5.74) is 1.42. The predicted molar refractivity (Wildman–Crippen MR) is 53.2 cm³/mol. The van der Waals surface area contributed by atoms with E-state index in [1.165, 1.54) is 0 Å². The van der Waals surface area contributed by atoms with Gasteiger partial charge >= 0.3 is 5.97 Å². The van der Waals surface area contributed by atoms with Gasteiger partial charge in [-0.05, 0) is 18.6 Å². The Morgan fingerprint density at radius 2 is 2.53 bits per heavy atom. The zero-order valence-corrected chi connectivity index (χ0v) is 8.30. The van der Waals surface area contributed by atoms with Crippen molar-refractivity contribution in [3.05, 3.63) is 24.0 Å². The highest BCUT2D eigenvalue weighted by Crippen LogP contribution is 2.34. The summed E-state index contributed by atoms with van der Waals surface area (Å²) in [6.45, 7) is 2.04. The Morgan fingerprint density at radius 1 is 1.73 bits per heavy atom. The minimum atomic E-state index is -0.928. The number of esters is 1. The summed E-state index contributed by atoms with van der Waals surface area (Å²) >= 11 is 0. The molecule has 2 N–H and O–H groups in total.